The van der Waals surface area contributed by atoms with E-state index in [0.717, 1.165) is 36.8 Å². The Morgan fingerprint density at radius 2 is 1.61 bits per heavy atom. The van der Waals surface area contributed by atoms with Gasteiger partial charge in [-0.3, -0.25) is 14.4 Å². The number of benzene rings is 2. The van der Waals surface area contributed by atoms with Gasteiger partial charge in [0.25, 0.3) is 5.91 Å². The summed E-state index contributed by atoms with van der Waals surface area (Å²) in [6.45, 7) is 11.4. The van der Waals surface area contributed by atoms with Gasteiger partial charge >= 0.3 is 6.09 Å². The number of alkyl carbamates (subject to hydrolysis) is 1. The predicted octanol–water partition coefficient (Wildman–Crippen LogP) is 5.95. The van der Waals surface area contributed by atoms with Gasteiger partial charge in [-0.2, -0.15) is 0 Å². The Morgan fingerprint density at radius 3 is 2.20 bits per heavy atom. The van der Waals surface area contributed by atoms with E-state index in [0.29, 0.717) is 23.4 Å². The van der Waals surface area contributed by atoms with E-state index in [4.69, 9.17) is 15.2 Å². The van der Waals surface area contributed by atoms with Crippen molar-refractivity contribution in [2.75, 3.05) is 19.0 Å². The van der Waals surface area contributed by atoms with Crippen molar-refractivity contribution in [1.29, 1.82) is 0 Å². The smallest absolute Gasteiger partial charge is 0.408 e. The fourth-order valence-electron chi connectivity index (χ4n) is 4.84. The number of methoxy groups -OCH3 is 1. The third-order valence-electron chi connectivity index (χ3n) is 7.10. The van der Waals surface area contributed by atoms with Crippen molar-refractivity contribution in [2.24, 2.45) is 5.73 Å². The number of unbranched alkanes of at least 4 members (excludes halogenated alkanes) is 4. The Hall–Kier alpha value is -4.08. The van der Waals surface area contributed by atoms with E-state index in [1.807, 2.05) is 32.0 Å². The minimum Gasteiger partial charge on any atom is -0.497 e. The van der Waals surface area contributed by atoms with Crippen molar-refractivity contribution in [3.63, 3.8) is 0 Å². The molecule has 242 valence electrons. The molecule has 4 amide bonds. The molecule has 0 saturated heterocycles. The van der Waals surface area contributed by atoms with Gasteiger partial charge in [0.2, 0.25) is 11.8 Å². The average Bonchev–Trinajstić information content (AvgIpc) is 2.95. The van der Waals surface area contributed by atoms with Crippen molar-refractivity contribution in [3.05, 3.63) is 59.2 Å². The van der Waals surface area contributed by atoms with Crippen LogP contribution in [0.2, 0.25) is 0 Å². The Kier molecular flexibility index (Phi) is 14.2. The van der Waals surface area contributed by atoms with Crippen molar-refractivity contribution < 1.29 is 28.7 Å². The molecule has 2 rings (SSSR count). The van der Waals surface area contributed by atoms with Gasteiger partial charge in [-0.1, -0.05) is 56.4 Å². The minimum absolute atomic E-state index is 0.0423. The maximum absolute atomic E-state index is 14.4. The summed E-state index contributed by atoms with van der Waals surface area (Å²) in [5.41, 5.74) is 7.61. The molecule has 0 spiro atoms. The van der Waals surface area contributed by atoms with Crippen LogP contribution in [0.5, 0.6) is 5.75 Å². The number of rotatable bonds is 16. The summed E-state index contributed by atoms with van der Waals surface area (Å²) in [5, 5.41) is 5.62. The number of hydrogen-bond acceptors (Lipinski definition) is 6. The fourth-order valence-corrected chi connectivity index (χ4v) is 4.84. The summed E-state index contributed by atoms with van der Waals surface area (Å²) >= 11 is 0. The Bertz CT molecular complexity index is 1260. The zero-order valence-electron chi connectivity index (χ0n) is 27.3. The fraction of sp³-hybridized carbons (Fsp3) is 0.529. The van der Waals surface area contributed by atoms with E-state index in [2.05, 4.69) is 17.6 Å². The third kappa shape index (κ3) is 11.9. The summed E-state index contributed by atoms with van der Waals surface area (Å²) in [6, 6.07) is 10.6. The number of nitrogens with one attached hydrogen (secondary N) is 2. The highest BCUT2D eigenvalue weighted by atomic mass is 16.6. The van der Waals surface area contributed by atoms with E-state index in [1.165, 1.54) is 4.90 Å². The van der Waals surface area contributed by atoms with E-state index < -0.39 is 41.5 Å². The van der Waals surface area contributed by atoms with Gasteiger partial charge in [-0.15, -0.1) is 0 Å². The number of ether oxygens (including phenoxy) is 2. The molecule has 44 heavy (non-hydrogen) atoms. The van der Waals surface area contributed by atoms with E-state index >= 15 is 0 Å². The highest BCUT2D eigenvalue weighted by Crippen LogP contribution is 2.29. The number of nitrogens with zero attached hydrogens (tertiary/aromatic N) is 1. The molecule has 0 aromatic heterocycles. The molecule has 2 atom stereocenters. The number of carbonyl (C=O) groups excluding carboxylic acids is 4. The zero-order chi connectivity index (χ0) is 32.9. The first kappa shape index (κ1) is 36.1. The zero-order valence-corrected chi connectivity index (χ0v) is 27.3. The minimum atomic E-state index is -1.14. The maximum Gasteiger partial charge on any atom is 0.408 e. The highest BCUT2D eigenvalue weighted by molar-refractivity contribution is 5.99. The number of carbonyl (C=O) groups is 4. The van der Waals surface area contributed by atoms with Crippen LogP contribution in [0.3, 0.4) is 0 Å². The topological polar surface area (TPSA) is 140 Å². The largest absolute Gasteiger partial charge is 0.497 e. The van der Waals surface area contributed by atoms with Crippen LogP contribution in [-0.2, 0) is 19.1 Å². The van der Waals surface area contributed by atoms with Gasteiger partial charge in [-0.05, 0) is 82.9 Å². The molecule has 0 saturated carbocycles. The molecular formula is C34H50N4O6. The number of primary amides is 1. The van der Waals surface area contributed by atoms with Gasteiger partial charge in [0.1, 0.15) is 23.4 Å². The number of amides is 4. The van der Waals surface area contributed by atoms with Crippen LogP contribution in [0.1, 0.15) is 95.4 Å². The first-order valence-corrected chi connectivity index (χ1v) is 15.4. The molecular weight excluding hydrogens is 560 g/mol. The SMILES string of the molecule is CCCCCCCN(C(=O)C(CCC(N)=O)NC(=O)OC(C)(C)C)C(C(=O)Nc1ccc(OC)cc1)c1cc(C)ccc1C. The van der Waals surface area contributed by atoms with Crippen LogP contribution in [0.15, 0.2) is 42.5 Å². The Labute approximate surface area is 262 Å². The molecule has 0 aliphatic rings. The van der Waals surface area contributed by atoms with Gasteiger partial charge in [0.15, 0.2) is 0 Å². The first-order chi connectivity index (χ1) is 20.7. The number of aryl methyl sites for hydroxylation is 2. The highest BCUT2D eigenvalue weighted by Gasteiger charge is 2.37. The molecule has 2 aromatic carbocycles. The van der Waals surface area contributed by atoms with E-state index in [1.54, 1.807) is 52.1 Å². The Balaban J connectivity index is 2.59. The molecule has 10 heteroatoms. The van der Waals surface area contributed by atoms with Gasteiger partial charge < -0.3 is 30.7 Å². The number of anilines is 1. The van der Waals surface area contributed by atoms with Crippen molar-refractivity contribution >= 4 is 29.5 Å². The van der Waals surface area contributed by atoms with E-state index in [9.17, 15) is 19.2 Å². The molecule has 4 N–H and O–H groups in total. The molecule has 0 radical (unpaired) electrons. The summed E-state index contributed by atoms with van der Waals surface area (Å²) in [4.78, 5) is 54.7. The lowest BCUT2D eigenvalue weighted by molar-refractivity contribution is -0.141. The van der Waals surface area contributed by atoms with Crippen LogP contribution in [0.4, 0.5) is 10.5 Å². The van der Waals surface area contributed by atoms with Gasteiger partial charge in [-0.25, -0.2) is 4.79 Å². The van der Waals surface area contributed by atoms with Crippen LogP contribution in [-0.4, -0.2) is 54.0 Å². The van der Waals surface area contributed by atoms with E-state index in [-0.39, 0.29) is 19.4 Å². The van der Waals surface area contributed by atoms with Gasteiger partial charge in [0, 0.05) is 18.7 Å². The molecule has 2 unspecified atom stereocenters. The lowest BCUT2D eigenvalue weighted by Crippen LogP contribution is -2.53. The quantitative estimate of drug-likeness (QED) is 0.201. The number of nitrogens with two attached hydrogens (primary N) is 1. The maximum atomic E-state index is 14.4. The van der Waals surface area contributed by atoms with Crippen molar-refractivity contribution in [2.45, 2.75) is 104 Å². The van der Waals surface area contributed by atoms with Gasteiger partial charge in [0.05, 0.1) is 7.11 Å². The normalized spacial score (nSPS) is 12.5. The van der Waals surface area contributed by atoms with Crippen LogP contribution < -0.4 is 21.1 Å². The second kappa shape index (κ2) is 17.3. The monoisotopic (exact) mass is 610 g/mol. The lowest BCUT2D eigenvalue weighted by Gasteiger charge is -2.35. The molecule has 2 aromatic rings. The molecule has 10 nitrogen and oxygen atoms in total. The first-order valence-electron chi connectivity index (χ1n) is 15.4. The van der Waals surface area contributed by atoms with Crippen LogP contribution in [0.25, 0.3) is 0 Å². The van der Waals surface area contributed by atoms with Crippen LogP contribution in [0, 0.1) is 13.8 Å². The molecule has 0 aliphatic carbocycles. The second-order valence-corrected chi connectivity index (χ2v) is 12.1. The lowest BCUT2D eigenvalue weighted by atomic mass is 9.95. The third-order valence-corrected chi connectivity index (χ3v) is 7.10. The number of hydrogen-bond donors (Lipinski definition) is 3. The summed E-state index contributed by atoms with van der Waals surface area (Å²) in [7, 11) is 1.56. The van der Waals surface area contributed by atoms with Crippen molar-refractivity contribution in [1.82, 2.24) is 10.2 Å². The molecule has 0 heterocycles. The Morgan fingerprint density at radius 1 is 0.955 bits per heavy atom. The molecule has 0 fully saturated rings. The predicted molar refractivity (Wildman–Crippen MR) is 172 cm³/mol. The summed E-state index contributed by atoms with van der Waals surface area (Å²) in [6.07, 6.45) is 3.66. The molecule has 0 bridgehead atoms. The second-order valence-electron chi connectivity index (χ2n) is 12.1. The van der Waals surface area contributed by atoms with Crippen molar-refractivity contribution in [3.8, 4) is 5.75 Å². The molecule has 0 aliphatic heterocycles. The summed E-state index contributed by atoms with van der Waals surface area (Å²) < 4.78 is 10.7. The summed E-state index contributed by atoms with van der Waals surface area (Å²) in [5.74, 6) is -0.869. The van der Waals surface area contributed by atoms with Crippen LogP contribution >= 0.6 is 0 Å². The average molecular weight is 611 g/mol. The standard InChI is InChI=1S/C34H50N4O6/c1-8-9-10-11-12-21-38(32(41)28(19-20-29(35)39)37-33(42)44-34(4,5)6)30(27-22-23(2)13-14-24(27)3)31(40)36-25-15-17-26(43-7)18-16-25/h13-18,22,28,30H,8-12,19-21H2,1-7H3,(H2,35,39)(H,36,40)(H,37,42).